The first-order valence-corrected chi connectivity index (χ1v) is 11.1. The molecular weight excluding hydrogens is 442 g/mol. The molecule has 2 heterocycles. The molecule has 0 aliphatic rings. The molecule has 1 amide bonds. The van der Waals surface area contributed by atoms with Crippen LogP contribution in [0.3, 0.4) is 0 Å². The van der Waals surface area contributed by atoms with Crippen LogP contribution in [0.2, 0.25) is 0 Å². The van der Waals surface area contributed by atoms with E-state index in [1.54, 1.807) is 43.9 Å². The van der Waals surface area contributed by atoms with Crippen LogP contribution in [-0.4, -0.2) is 29.3 Å². The number of nitrogens with zero attached hydrogens (tertiary/aromatic N) is 2. The van der Waals surface area contributed by atoms with E-state index in [1.165, 1.54) is 15.9 Å². The first-order chi connectivity index (χ1) is 16.0. The minimum absolute atomic E-state index is 0.0795. The number of methoxy groups -OCH3 is 2. The Morgan fingerprint density at radius 3 is 2.42 bits per heavy atom. The SMILES string of the molecule is COc1ccc(CNC(=O)Cn2c(=O)n(Cc3cccc(OC)c3)c(=O)c3sccc32)cc1. The highest BCUT2D eigenvalue weighted by atomic mass is 32.1. The lowest BCUT2D eigenvalue weighted by atomic mass is 10.2. The third-order valence-corrected chi connectivity index (χ3v) is 6.15. The highest BCUT2D eigenvalue weighted by molar-refractivity contribution is 7.17. The topological polar surface area (TPSA) is 91.6 Å². The predicted molar refractivity (Wildman–Crippen MR) is 127 cm³/mol. The highest BCUT2D eigenvalue weighted by Gasteiger charge is 2.17. The molecule has 9 heteroatoms. The van der Waals surface area contributed by atoms with Crippen LogP contribution in [0.5, 0.6) is 11.5 Å². The van der Waals surface area contributed by atoms with Crippen molar-refractivity contribution in [2.75, 3.05) is 14.2 Å². The van der Waals surface area contributed by atoms with Crippen molar-refractivity contribution < 1.29 is 14.3 Å². The summed E-state index contributed by atoms with van der Waals surface area (Å²) in [7, 11) is 3.15. The van der Waals surface area contributed by atoms with Gasteiger partial charge in [-0.05, 0) is 46.8 Å². The minimum atomic E-state index is -0.534. The number of ether oxygens (including phenoxy) is 2. The van der Waals surface area contributed by atoms with E-state index < -0.39 is 5.69 Å². The molecule has 0 unspecified atom stereocenters. The average molecular weight is 466 g/mol. The van der Waals surface area contributed by atoms with Crippen LogP contribution in [0, 0.1) is 0 Å². The van der Waals surface area contributed by atoms with E-state index in [2.05, 4.69) is 5.32 Å². The van der Waals surface area contributed by atoms with Crippen LogP contribution in [-0.2, 0) is 24.4 Å². The van der Waals surface area contributed by atoms with E-state index in [0.29, 0.717) is 22.5 Å². The van der Waals surface area contributed by atoms with Crippen LogP contribution in [0.15, 0.2) is 69.6 Å². The van der Waals surface area contributed by atoms with Crippen molar-refractivity contribution in [2.45, 2.75) is 19.6 Å². The quantitative estimate of drug-likeness (QED) is 0.432. The summed E-state index contributed by atoms with van der Waals surface area (Å²) >= 11 is 1.25. The third kappa shape index (κ3) is 4.83. The summed E-state index contributed by atoms with van der Waals surface area (Å²) in [6, 6.07) is 16.2. The number of hydrogen-bond donors (Lipinski definition) is 1. The van der Waals surface area contributed by atoms with Crippen molar-refractivity contribution in [1.29, 1.82) is 0 Å². The first-order valence-electron chi connectivity index (χ1n) is 10.2. The molecule has 0 radical (unpaired) electrons. The van der Waals surface area contributed by atoms with Gasteiger partial charge in [0.2, 0.25) is 5.91 Å². The summed E-state index contributed by atoms with van der Waals surface area (Å²) in [4.78, 5) is 38.9. The summed E-state index contributed by atoms with van der Waals surface area (Å²) in [5.41, 5.74) is 1.20. The van der Waals surface area contributed by atoms with Gasteiger partial charge in [-0.25, -0.2) is 4.79 Å². The largest absolute Gasteiger partial charge is 0.497 e. The third-order valence-electron chi connectivity index (χ3n) is 5.26. The molecule has 4 rings (SSSR count). The maximum Gasteiger partial charge on any atom is 0.332 e. The lowest BCUT2D eigenvalue weighted by Gasteiger charge is -2.13. The van der Waals surface area contributed by atoms with Crippen LogP contribution < -0.4 is 26.0 Å². The van der Waals surface area contributed by atoms with Gasteiger partial charge in [0.25, 0.3) is 5.56 Å². The van der Waals surface area contributed by atoms with E-state index in [9.17, 15) is 14.4 Å². The van der Waals surface area contributed by atoms with Crippen LogP contribution in [0.4, 0.5) is 0 Å². The maximum atomic E-state index is 13.2. The molecule has 170 valence electrons. The Bertz CT molecular complexity index is 1400. The zero-order valence-electron chi connectivity index (χ0n) is 18.2. The van der Waals surface area contributed by atoms with Crippen molar-refractivity contribution in [3.05, 3.63) is 91.9 Å². The van der Waals surface area contributed by atoms with Gasteiger partial charge in [0.05, 0.1) is 26.3 Å². The normalized spacial score (nSPS) is 10.8. The summed E-state index contributed by atoms with van der Waals surface area (Å²) in [5, 5.41) is 4.57. The molecule has 2 aromatic carbocycles. The fraction of sp³-hybridized carbons (Fsp3) is 0.208. The molecule has 1 N–H and O–H groups in total. The smallest absolute Gasteiger partial charge is 0.332 e. The number of thiophene rings is 1. The molecule has 0 fully saturated rings. The van der Waals surface area contributed by atoms with Gasteiger partial charge in [-0.1, -0.05) is 24.3 Å². The number of rotatable bonds is 8. The Hall–Kier alpha value is -3.85. The van der Waals surface area contributed by atoms with Gasteiger partial charge < -0.3 is 14.8 Å². The summed E-state index contributed by atoms with van der Waals surface area (Å²) < 4.78 is 13.3. The fourth-order valence-electron chi connectivity index (χ4n) is 3.52. The number of aromatic nitrogens is 2. The van der Waals surface area contributed by atoms with E-state index in [-0.39, 0.29) is 24.6 Å². The minimum Gasteiger partial charge on any atom is -0.497 e. The number of hydrogen-bond acceptors (Lipinski definition) is 6. The summed E-state index contributed by atoms with van der Waals surface area (Å²) in [5.74, 6) is 1.04. The van der Waals surface area contributed by atoms with Gasteiger partial charge in [0.1, 0.15) is 22.7 Å². The highest BCUT2D eigenvalue weighted by Crippen LogP contribution is 2.17. The number of fused-ring (bicyclic) bond motifs is 1. The van der Waals surface area contributed by atoms with Gasteiger partial charge in [-0.15, -0.1) is 11.3 Å². The number of nitrogens with one attached hydrogen (secondary N) is 1. The number of amides is 1. The Labute approximate surface area is 193 Å². The molecule has 2 aromatic heterocycles. The van der Waals surface area contributed by atoms with Crippen LogP contribution in [0.25, 0.3) is 10.2 Å². The van der Waals surface area contributed by atoms with Crippen molar-refractivity contribution in [3.63, 3.8) is 0 Å². The Morgan fingerprint density at radius 1 is 0.939 bits per heavy atom. The molecule has 33 heavy (non-hydrogen) atoms. The predicted octanol–water partition coefficient (Wildman–Crippen LogP) is 2.61. The molecule has 0 saturated heterocycles. The van der Waals surface area contributed by atoms with Gasteiger partial charge in [0, 0.05) is 6.54 Å². The average Bonchev–Trinajstić information content (AvgIpc) is 3.34. The molecule has 0 spiro atoms. The Kier molecular flexibility index (Phi) is 6.60. The number of carbonyl (C=O) groups excluding carboxylic acids is 1. The second-order valence-corrected chi connectivity index (χ2v) is 8.29. The van der Waals surface area contributed by atoms with E-state index in [1.807, 2.05) is 30.3 Å². The second kappa shape index (κ2) is 9.74. The monoisotopic (exact) mass is 465 g/mol. The van der Waals surface area contributed by atoms with E-state index in [0.717, 1.165) is 21.4 Å². The van der Waals surface area contributed by atoms with Gasteiger partial charge in [-0.3, -0.25) is 18.7 Å². The number of carbonyl (C=O) groups is 1. The standard InChI is InChI=1S/C24H23N3O5S/c1-31-18-8-6-16(7-9-18)13-25-21(28)15-26-20-10-11-33-22(20)23(29)27(24(26)30)14-17-4-3-5-19(12-17)32-2/h3-12H,13-15H2,1-2H3,(H,25,28). The van der Waals surface area contributed by atoms with Gasteiger partial charge in [-0.2, -0.15) is 0 Å². The van der Waals surface area contributed by atoms with Gasteiger partial charge in [0.15, 0.2) is 0 Å². The summed E-state index contributed by atoms with van der Waals surface area (Å²) in [6.07, 6.45) is 0. The molecule has 8 nitrogen and oxygen atoms in total. The molecule has 0 atom stereocenters. The Balaban J connectivity index is 1.60. The zero-order chi connectivity index (χ0) is 23.4. The molecular formula is C24H23N3O5S. The Morgan fingerprint density at radius 2 is 1.70 bits per heavy atom. The molecule has 0 bridgehead atoms. The summed E-state index contributed by atoms with van der Waals surface area (Å²) in [6.45, 7) is 0.199. The van der Waals surface area contributed by atoms with Crippen LogP contribution in [0.1, 0.15) is 11.1 Å². The maximum absolute atomic E-state index is 13.2. The van der Waals surface area contributed by atoms with E-state index >= 15 is 0 Å². The lowest BCUT2D eigenvalue weighted by molar-refractivity contribution is -0.121. The van der Waals surface area contributed by atoms with Gasteiger partial charge >= 0.3 is 5.69 Å². The van der Waals surface area contributed by atoms with Crippen molar-refractivity contribution in [1.82, 2.24) is 14.5 Å². The van der Waals surface area contributed by atoms with Crippen molar-refractivity contribution >= 4 is 27.5 Å². The van der Waals surface area contributed by atoms with Crippen molar-refractivity contribution in [2.24, 2.45) is 0 Å². The number of benzene rings is 2. The van der Waals surface area contributed by atoms with Crippen LogP contribution >= 0.6 is 11.3 Å². The molecule has 4 aromatic rings. The lowest BCUT2D eigenvalue weighted by Crippen LogP contribution is -2.42. The molecule has 0 aliphatic heterocycles. The van der Waals surface area contributed by atoms with E-state index in [4.69, 9.17) is 9.47 Å². The molecule has 0 aliphatic carbocycles. The van der Waals surface area contributed by atoms with Crippen molar-refractivity contribution in [3.8, 4) is 11.5 Å². The first kappa shape index (κ1) is 22.3. The second-order valence-electron chi connectivity index (χ2n) is 7.37. The zero-order valence-corrected chi connectivity index (χ0v) is 19.1. The molecule has 0 saturated carbocycles. The fourth-order valence-corrected chi connectivity index (χ4v) is 4.37.